The smallest absolute Gasteiger partial charge is 0.272 e. The summed E-state index contributed by atoms with van der Waals surface area (Å²) >= 11 is 15.4. The van der Waals surface area contributed by atoms with Crippen LogP contribution >= 0.6 is 39.1 Å². The van der Waals surface area contributed by atoms with E-state index >= 15 is 0 Å². The molecule has 0 fully saturated rings. The summed E-state index contributed by atoms with van der Waals surface area (Å²) in [5, 5.41) is 4.96. The van der Waals surface area contributed by atoms with Crippen LogP contribution in [-0.2, 0) is 0 Å². The van der Waals surface area contributed by atoms with E-state index < -0.39 is 0 Å². The molecule has 0 unspecified atom stereocenters. The first kappa shape index (κ1) is 17.7. The van der Waals surface area contributed by atoms with Crippen molar-refractivity contribution in [2.75, 3.05) is 0 Å². The molecule has 2 aromatic carbocycles. The van der Waals surface area contributed by atoms with E-state index in [2.05, 4.69) is 26.5 Å². The van der Waals surface area contributed by atoms with Crippen LogP contribution in [-0.4, -0.2) is 12.1 Å². The van der Waals surface area contributed by atoms with Gasteiger partial charge in [0, 0.05) is 15.1 Å². The fourth-order valence-electron chi connectivity index (χ4n) is 2.12. The van der Waals surface area contributed by atoms with E-state index in [9.17, 15) is 4.79 Å². The minimum atomic E-state index is -0.323. The predicted octanol–water partition coefficient (Wildman–Crippen LogP) is 5.78. The van der Waals surface area contributed by atoms with Crippen LogP contribution in [0.2, 0.25) is 10.0 Å². The summed E-state index contributed by atoms with van der Waals surface area (Å²) in [6, 6.07) is 15.7. The quantitative estimate of drug-likeness (QED) is 0.415. The van der Waals surface area contributed by atoms with Gasteiger partial charge in [0.1, 0.15) is 11.5 Å². The van der Waals surface area contributed by atoms with Crippen LogP contribution in [0.5, 0.6) is 0 Å². The normalized spacial score (nSPS) is 11.0. The summed E-state index contributed by atoms with van der Waals surface area (Å²) in [5.41, 5.74) is 3.67. The molecule has 3 aromatic rings. The van der Waals surface area contributed by atoms with Crippen molar-refractivity contribution >= 4 is 51.3 Å². The molecule has 0 atom stereocenters. The molecule has 3 rings (SSSR count). The summed E-state index contributed by atoms with van der Waals surface area (Å²) in [7, 11) is 0. The van der Waals surface area contributed by atoms with E-state index in [0.29, 0.717) is 31.6 Å². The van der Waals surface area contributed by atoms with Crippen LogP contribution in [0.3, 0.4) is 0 Å². The number of nitrogens with one attached hydrogen (secondary N) is 1. The van der Waals surface area contributed by atoms with Crippen molar-refractivity contribution in [3.63, 3.8) is 0 Å². The van der Waals surface area contributed by atoms with Crippen molar-refractivity contribution in [2.45, 2.75) is 0 Å². The number of nitrogens with zero attached hydrogens (tertiary/aromatic N) is 1. The molecule has 0 aliphatic rings. The molecule has 0 spiro atoms. The Balaban J connectivity index is 1.70. The summed E-state index contributed by atoms with van der Waals surface area (Å²) in [5.74, 6) is 0.741. The minimum absolute atomic E-state index is 0.323. The Bertz CT molecular complexity index is 954. The summed E-state index contributed by atoms with van der Waals surface area (Å²) in [4.78, 5) is 12.0. The van der Waals surface area contributed by atoms with Crippen LogP contribution < -0.4 is 5.43 Å². The van der Waals surface area contributed by atoms with E-state index in [1.165, 1.54) is 6.21 Å². The van der Waals surface area contributed by atoms with Crippen molar-refractivity contribution in [2.24, 2.45) is 5.10 Å². The van der Waals surface area contributed by atoms with Crippen molar-refractivity contribution in [3.8, 4) is 11.3 Å². The van der Waals surface area contributed by atoms with Gasteiger partial charge in [-0.1, -0.05) is 35.3 Å². The Morgan fingerprint density at radius 2 is 1.92 bits per heavy atom. The zero-order chi connectivity index (χ0) is 17.8. The zero-order valence-corrected chi connectivity index (χ0v) is 15.8. The Hall–Kier alpha value is -2.08. The van der Waals surface area contributed by atoms with E-state index in [1.807, 2.05) is 6.07 Å². The van der Waals surface area contributed by atoms with Crippen molar-refractivity contribution < 1.29 is 9.21 Å². The maximum Gasteiger partial charge on any atom is 0.272 e. The van der Waals surface area contributed by atoms with Gasteiger partial charge >= 0.3 is 0 Å². The lowest BCUT2D eigenvalue weighted by atomic mass is 10.2. The van der Waals surface area contributed by atoms with Crippen molar-refractivity contribution in [1.29, 1.82) is 0 Å². The van der Waals surface area contributed by atoms with Gasteiger partial charge in [0.05, 0.1) is 16.8 Å². The molecule has 4 nitrogen and oxygen atoms in total. The highest BCUT2D eigenvalue weighted by Crippen LogP contribution is 2.31. The monoisotopic (exact) mass is 436 g/mol. The number of hydrazone groups is 1. The number of benzene rings is 2. The number of carbonyl (C=O) groups excluding carboxylic acids is 1. The van der Waals surface area contributed by atoms with Gasteiger partial charge in [0.2, 0.25) is 0 Å². The lowest BCUT2D eigenvalue weighted by molar-refractivity contribution is 0.0954. The van der Waals surface area contributed by atoms with Crippen LogP contribution in [0.25, 0.3) is 11.3 Å². The maximum atomic E-state index is 12.0. The fourth-order valence-corrected chi connectivity index (χ4v) is 3.08. The van der Waals surface area contributed by atoms with Gasteiger partial charge in [-0.3, -0.25) is 4.79 Å². The topological polar surface area (TPSA) is 54.6 Å². The van der Waals surface area contributed by atoms with E-state index in [-0.39, 0.29) is 5.91 Å². The third-order valence-electron chi connectivity index (χ3n) is 3.30. The second-order valence-corrected chi connectivity index (χ2v) is 6.70. The molecule has 0 bridgehead atoms. The lowest BCUT2D eigenvalue weighted by Gasteiger charge is -2.01. The van der Waals surface area contributed by atoms with Crippen LogP contribution in [0.4, 0.5) is 0 Å². The highest BCUT2D eigenvalue weighted by molar-refractivity contribution is 9.10. The molecule has 0 radical (unpaired) electrons. The van der Waals surface area contributed by atoms with Gasteiger partial charge in [-0.2, -0.15) is 5.10 Å². The van der Waals surface area contributed by atoms with Gasteiger partial charge in [-0.25, -0.2) is 5.43 Å². The highest BCUT2D eigenvalue weighted by Gasteiger charge is 2.09. The van der Waals surface area contributed by atoms with Gasteiger partial charge < -0.3 is 4.42 Å². The molecule has 1 heterocycles. The second-order valence-electron chi connectivity index (χ2n) is 5.01. The van der Waals surface area contributed by atoms with Gasteiger partial charge in [-0.15, -0.1) is 0 Å². The van der Waals surface area contributed by atoms with Crippen molar-refractivity contribution in [1.82, 2.24) is 5.43 Å². The second kappa shape index (κ2) is 7.87. The molecule has 25 heavy (non-hydrogen) atoms. The molecule has 0 saturated heterocycles. The molecular formula is C18H11BrCl2N2O2. The van der Waals surface area contributed by atoms with Gasteiger partial charge in [0.25, 0.3) is 5.91 Å². The molecule has 126 valence electrons. The van der Waals surface area contributed by atoms with Crippen LogP contribution in [0.15, 0.2) is 68.6 Å². The third kappa shape index (κ3) is 4.31. The first-order valence-corrected chi connectivity index (χ1v) is 8.72. The number of hydrogen-bond donors (Lipinski definition) is 1. The average Bonchev–Trinajstić information content (AvgIpc) is 3.03. The molecule has 1 N–H and O–H groups in total. The highest BCUT2D eigenvalue weighted by atomic mass is 79.9. The molecule has 7 heteroatoms. The number of carbonyl (C=O) groups is 1. The summed E-state index contributed by atoms with van der Waals surface area (Å²) < 4.78 is 6.36. The maximum absolute atomic E-state index is 12.0. The standard InChI is InChI=1S/C18H11BrCl2N2O2/c19-15-4-2-1-3-13(15)18(24)23-22-10-12-6-8-17(25-12)14-7-5-11(20)9-16(14)21/h1-10H,(H,23,24)/b22-10+. The molecule has 1 aromatic heterocycles. The number of halogens is 3. The summed E-state index contributed by atoms with van der Waals surface area (Å²) in [6.45, 7) is 0. The molecule has 0 saturated carbocycles. The van der Waals surface area contributed by atoms with E-state index in [4.69, 9.17) is 27.6 Å². The molecular weight excluding hydrogens is 427 g/mol. The Morgan fingerprint density at radius 1 is 1.12 bits per heavy atom. The van der Waals surface area contributed by atoms with Crippen LogP contribution in [0.1, 0.15) is 16.1 Å². The third-order valence-corrected chi connectivity index (χ3v) is 4.54. The van der Waals surface area contributed by atoms with E-state index in [0.717, 1.165) is 5.56 Å². The molecule has 1 amide bonds. The predicted molar refractivity (Wildman–Crippen MR) is 103 cm³/mol. The fraction of sp³-hybridized carbons (Fsp3) is 0. The van der Waals surface area contributed by atoms with Gasteiger partial charge in [0.15, 0.2) is 0 Å². The Labute approximate surface area is 162 Å². The van der Waals surface area contributed by atoms with E-state index in [1.54, 1.807) is 48.5 Å². The first-order valence-electron chi connectivity index (χ1n) is 7.18. The minimum Gasteiger partial charge on any atom is -0.455 e. The largest absolute Gasteiger partial charge is 0.455 e. The SMILES string of the molecule is O=C(N/N=C/c1ccc(-c2ccc(Cl)cc2Cl)o1)c1ccccc1Br. The number of furan rings is 1. The Kier molecular flexibility index (Phi) is 5.58. The molecule has 0 aliphatic heterocycles. The molecule has 0 aliphatic carbocycles. The van der Waals surface area contributed by atoms with Crippen LogP contribution in [0, 0.1) is 0 Å². The Morgan fingerprint density at radius 3 is 2.68 bits per heavy atom. The zero-order valence-electron chi connectivity index (χ0n) is 12.7. The number of rotatable bonds is 4. The number of amides is 1. The average molecular weight is 438 g/mol. The number of hydrogen-bond acceptors (Lipinski definition) is 3. The first-order chi connectivity index (χ1) is 12.0. The van der Waals surface area contributed by atoms with Crippen molar-refractivity contribution in [3.05, 3.63) is 80.4 Å². The lowest BCUT2D eigenvalue weighted by Crippen LogP contribution is -2.17. The van der Waals surface area contributed by atoms with Gasteiger partial charge in [-0.05, 0) is 58.4 Å². The summed E-state index contributed by atoms with van der Waals surface area (Å²) in [6.07, 6.45) is 1.42.